The molecule has 0 saturated carbocycles. The van der Waals surface area contributed by atoms with E-state index in [4.69, 9.17) is 0 Å². The Balaban J connectivity index is 1.69. The Labute approximate surface area is 129 Å². The standard InChI is InChI=1S/C17H18N4O/c1-12(2)13-7-9-14(10-8-13)18-17(22)11-21-16-6-4-3-5-15(16)19-20-21/h3-10,12H,11H2,1-2H3,(H,18,22). The lowest BCUT2D eigenvalue weighted by Gasteiger charge is -2.08. The van der Waals surface area contributed by atoms with E-state index in [9.17, 15) is 4.79 Å². The molecule has 0 atom stereocenters. The minimum atomic E-state index is -0.118. The summed E-state index contributed by atoms with van der Waals surface area (Å²) >= 11 is 0. The number of carbonyl (C=O) groups excluding carboxylic acids is 1. The number of nitrogens with zero attached hydrogens (tertiary/aromatic N) is 3. The summed E-state index contributed by atoms with van der Waals surface area (Å²) in [4.78, 5) is 12.1. The van der Waals surface area contributed by atoms with Gasteiger partial charge in [0.2, 0.25) is 5.91 Å². The topological polar surface area (TPSA) is 59.8 Å². The second kappa shape index (κ2) is 5.97. The van der Waals surface area contributed by atoms with Crippen LogP contribution in [0, 0.1) is 0 Å². The molecule has 2 aromatic carbocycles. The second-order valence-corrected chi connectivity index (χ2v) is 5.56. The number of rotatable bonds is 4. The van der Waals surface area contributed by atoms with E-state index < -0.39 is 0 Å². The number of carbonyl (C=O) groups is 1. The molecule has 1 heterocycles. The van der Waals surface area contributed by atoms with Gasteiger partial charge < -0.3 is 5.32 Å². The van der Waals surface area contributed by atoms with Crippen LogP contribution in [0.4, 0.5) is 5.69 Å². The summed E-state index contributed by atoms with van der Waals surface area (Å²) in [6.07, 6.45) is 0. The highest BCUT2D eigenvalue weighted by Gasteiger charge is 2.09. The summed E-state index contributed by atoms with van der Waals surface area (Å²) in [7, 11) is 0. The van der Waals surface area contributed by atoms with Gasteiger partial charge in [-0.15, -0.1) is 5.10 Å². The average molecular weight is 294 g/mol. The Morgan fingerprint density at radius 3 is 2.59 bits per heavy atom. The van der Waals surface area contributed by atoms with Crippen molar-refractivity contribution in [1.82, 2.24) is 15.0 Å². The van der Waals surface area contributed by atoms with Crippen LogP contribution in [-0.2, 0) is 11.3 Å². The van der Waals surface area contributed by atoms with E-state index in [2.05, 4.69) is 29.5 Å². The lowest BCUT2D eigenvalue weighted by atomic mass is 10.0. The zero-order chi connectivity index (χ0) is 15.5. The van der Waals surface area contributed by atoms with Crippen LogP contribution in [-0.4, -0.2) is 20.9 Å². The first-order valence-corrected chi connectivity index (χ1v) is 7.31. The molecule has 1 N–H and O–H groups in total. The van der Waals surface area contributed by atoms with E-state index >= 15 is 0 Å². The molecule has 0 unspecified atom stereocenters. The fourth-order valence-corrected chi connectivity index (χ4v) is 2.32. The SMILES string of the molecule is CC(C)c1ccc(NC(=O)Cn2nnc3ccccc32)cc1. The summed E-state index contributed by atoms with van der Waals surface area (Å²) in [6, 6.07) is 15.5. The van der Waals surface area contributed by atoms with Gasteiger partial charge in [0, 0.05) is 5.69 Å². The fourth-order valence-electron chi connectivity index (χ4n) is 2.32. The van der Waals surface area contributed by atoms with Crippen LogP contribution in [0.1, 0.15) is 25.3 Å². The van der Waals surface area contributed by atoms with Gasteiger partial charge in [0.1, 0.15) is 12.1 Å². The maximum atomic E-state index is 12.1. The van der Waals surface area contributed by atoms with Crippen LogP contribution < -0.4 is 5.32 Å². The summed E-state index contributed by atoms with van der Waals surface area (Å²) in [6.45, 7) is 4.43. The van der Waals surface area contributed by atoms with E-state index in [1.165, 1.54) is 5.56 Å². The van der Waals surface area contributed by atoms with Gasteiger partial charge in [-0.1, -0.05) is 43.3 Å². The van der Waals surface area contributed by atoms with Gasteiger partial charge in [-0.25, -0.2) is 4.68 Å². The maximum Gasteiger partial charge on any atom is 0.246 e. The van der Waals surface area contributed by atoms with E-state index in [-0.39, 0.29) is 12.5 Å². The predicted molar refractivity (Wildman–Crippen MR) is 86.7 cm³/mol. The molecule has 0 saturated heterocycles. The first-order chi connectivity index (χ1) is 10.6. The second-order valence-electron chi connectivity index (χ2n) is 5.56. The Morgan fingerprint density at radius 1 is 1.14 bits per heavy atom. The summed E-state index contributed by atoms with van der Waals surface area (Å²) < 4.78 is 1.60. The summed E-state index contributed by atoms with van der Waals surface area (Å²) in [5.74, 6) is 0.360. The number of hydrogen-bond acceptors (Lipinski definition) is 3. The minimum Gasteiger partial charge on any atom is -0.324 e. The van der Waals surface area contributed by atoms with E-state index in [1.807, 2.05) is 48.5 Å². The van der Waals surface area contributed by atoms with Gasteiger partial charge in [-0.3, -0.25) is 4.79 Å². The van der Waals surface area contributed by atoms with Crippen LogP contribution in [0.15, 0.2) is 48.5 Å². The van der Waals surface area contributed by atoms with Crippen LogP contribution in [0.5, 0.6) is 0 Å². The molecule has 0 bridgehead atoms. The number of aromatic nitrogens is 3. The molecule has 112 valence electrons. The van der Waals surface area contributed by atoms with Crippen LogP contribution >= 0.6 is 0 Å². The maximum absolute atomic E-state index is 12.1. The average Bonchev–Trinajstić information content (AvgIpc) is 2.91. The minimum absolute atomic E-state index is 0.118. The molecular weight excluding hydrogens is 276 g/mol. The number of benzene rings is 2. The Hall–Kier alpha value is -2.69. The van der Waals surface area contributed by atoms with Crippen molar-refractivity contribution >= 4 is 22.6 Å². The highest BCUT2D eigenvalue weighted by atomic mass is 16.2. The zero-order valence-electron chi connectivity index (χ0n) is 12.7. The lowest BCUT2D eigenvalue weighted by Crippen LogP contribution is -2.19. The van der Waals surface area contributed by atoms with Gasteiger partial charge >= 0.3 is 0 Å². The molecule has 1 amide bonds. The van der Waals surface area contributed by atoms with E-state index in [0.29, 0.717) is 5.92 Å². The molecule has 0 spiro atoms. The van der Waals surface area contributed by atoms with Crippen molar-refractivity contribution in [2.75, 3.05) is 5.32 Å². The van der Waals surface area contributed by atoms with Crippen molar-refractivity contribution in [2.45, 2.75) is 26.3 Å². The molecule has 0 radical (unpaired) electrons. The van der Waals surface area contributed by atoms with Crippen LogP contribution in [0.25, 0.3) is 11.0 Å². The summed E-state index contributed by atoms with van der Waals surface area (Å²) in [5, 5.41) is 10.9. The number of anilines is 1. The molecule has 22 heavy (non-hydrogen) atoms. The van der Waals surface area contributed by atoms with Crippen molar-refractivity contribution in [3.05, 3.63) is 54.1 Å². The zero-order valence-corrected chi connectivity index (χ0v) is 12.7. The highest BCUT2D eigenvalue weighted by molar-refractivity contribution is 5.91. The van der Waals surface area contributed by atoms with Gasteiger partial charge in [0.05, 0.1) is 5.52 Å². The molecule has 5 nitrogen and oxygen atoms in total. The third-order valence-electron chi connectivity index (χ3n) is 3.57. The third kappa shape index (κ3) is 2.98. The molecular formula is C17H18N4O. The smallest absolute Gasteiger partial charge is 0.246 e. The third-order valence-corrected chi connectivity index (χ3v) is 3.57. The van der Waals surface area contributed by atoms with Crippen molar-refractivity contribution in [2.24, 2.45) is 0 Å². The molecule has 0 aliphatic heterocycles. The Morgan fingerprint density at radius 2 is 1.86 bits per heavy atom. The first kappa shape index (κ1) is 14.3. The molecule has 3 aromatic rings. The van der Waals surface area contributed by atoms with Gasteiger partial charge in [0.15, 0.2) is 0 Å². The van der Waals surface area contributed by atoms with Crippen LogP contribution in [0.3, 0.4) is 0 Å². The fraction of sp³-hybridized carbons (Fsp3) is 0.235. The van der Waals surface area contributed by atoms with Gasteiger partial charge in [0.25, 0.3) is 0 Å². The van der Waals surface area contributed by atoms with Crippen molar-refractivity contribution < 1.29 is 4.79 Å². The van der Waals surface area contributed by atoms with Crippen LogP contribution in [0.2, 0.25) is 0 Å². The summed E-state index contributed by atoms with van der Waals surface area (Å²) in [5.41, 5.74) is 3.68. The number of para-hydroxylation sites is 1. The largest absolute Gasteiger partial charge is 0.324 e. The monoisotopic (exact) mass is 294 g/mol. The molecule has 5 heteroatoms. The van der Waals surface area contributed by atoms with Crippen molar-refractivity contribution in [3.63, 3.8) is 0 Å². The number of amides is 1. The quantitative estimate of drug-likeness (QED) is 0.804. The normalized spacial score (nSPS) is 11.0. The van der Waals surface area contributed by atoms with Gasteiger partial charge in [-0.05, 0) is 35.7 Å². The van der Waals surface area contributed by atoms with Crippen molar-refractivity contribution in [3.8, 4) is 0 Å². The molecule has 0 fully saturated rings. The lowest BCUT2D eigenvalue weighted by molar-refractivity contribution is -0.116. The van der Waals surface area contributed by atoms with Crippen molar-refractivity contribution in [1.29, 1.82) is 0 Å². The number of hydrogen-bond donors (Lipinski definition) is 1. The number of fused-ring (bicyclic) bond motifs is 1. The van der Waals surface area contributed by atoms with E-state index in [1.54, 1.807) is 4.68 Å². The Kier molecular flexibility index (Phi) is 3.87. The number of nitrogens with one attached hydrogen (secondary N) is 1. The molecule has 3 rings (SSSR count). The molecule has 1 aromatic heterocycles. The predicted octanol–water partition coefficient (Wildman–Crippen LogP) is 3.19. The van der Waals surface area contributed by atoms with Gasteiger partial charge in [-0.2, -0.15) is 0 Å². The molecule has 0 aliphatic rings. The highest BCUT2D eigenvalue weighted by Crippen LogP contribution is 2.17. The molecule has 0 aliphatic carbocycles. The Bertz CT molecular complexity index is 790. The van der Waals surface area contributed by atoms with E-state index in [0.717, 1.165) is 16.7 Å². The first-order valence-electron chi connectivity index (χ1n) is 7.31.